The van der Waals surface area contributed by atoms with Crippen LogP contribution in [0.2, 0.25) is 0 Å². The van der Waals surface area contributed by atoms with Crippen molar-refractivity contribution in [1.82, 2.24) is 4.90 Å². The molecule has 0 rings (SSSR count). The lowest BCUT2D eigenvalue weighted by molar-refractivity contribution is 0.0342. The van der Waals surface area contributed by atoms with Gasteiger partial charge in [-0.05, 0) is 39.9 Å². The van der Waals surface area contributed by atoms with Crippen LogP contribution in [0.15, 0.2) is 0 Å². The average Bonchev–Trinajstić information content (AvgIpc) is 3.02. The largest absolute Gasteiger partial charge is 0.378 e. The number of hydrogen-bond donors (Lipinski definition) is 0. The smallest absolute Gasteiger partial charge is 0.0575 e. The zero-order valence-electron chi connectivity index (χ0n) is 31.6. The Bertz CT molecular complexity index is 456. The fourth-order valence-corrected chi connectivity index (χ4v) is 6.78. The molecule has 0 aromatic carbocycles. The summed E-state index contributed by atoms with van der Waals surface area (Å²) in [7, 11) is 4.34. The maximum atomic E-state index is 6.41. The Labute approximate surface area is 281 Å². The highest BCUT2D eigenvalue weighted by molar-refractivity contribution is 4.61. The molecule has 0 aromatic heterocycles. The van der Waals surface area contributed by atoms with Crippen LogP contribution in [0.4, 0.5) is 0 Å². The summed E-state index contributed by atoms with van der Waals surface area (Å²) in [5.74, 6) is 0. The van der Waals surface area contributed by atoms with Gasteiger partial charge in [0.2, 0.25) is 0 Å². The second-order valence-corrected chi connectivity index (χ2v) is 14.8. The molecule has 0 aliphatic heterocycles. The van der Waals surface area contributed by atoms with E-state index in [2.05, 4.69) is 32.8 Å². The molecule has 0 bridgehead atoms. The number of hydrogen-bond acceptors (Lipinski definition) is 2. The van der Waals surface area contributed by atoms with Crippen LogP contribution in [-0.2, 0) is 4.74 Å². The van der Waals surface area contributed by atoms with E-state index in [9.17, 15) is 0 Å². The lowest BCUT2D eigenvalue weighted by atomic mass is 10.0. The highest BCUT2D eigenvalue weighted by Crippen LogP contribution is 2.19. The van der Waals surface area contributed by atoms with Gasteiger partial charge in [0.15, 0.2) is 0 Å². The summed E-state index contributed by atoms with van der Waals surface area (Å²) >= 11 is 0. The van der Waals surface area contributed by atoms with Gasteiger partial charge in [0, 0.05) is 6.61 Å². The molecule has 0 saturated heterocycles. The molecule has 0 atom stereocenters. The molecule has 0 aliphatic carbocycles. The number of nitrogens with zero attached hydrogens (tertiary/aromatic N) is 1. The summed E-state index contributed by atoms with van der Waals surface area (Å²) in [6.45, 7) is 6.71. The molecule has 0 fully saturated rings. The van der Waals surface area contributed by atoms with Crippen LogP contribution in [0, 0.1) is 0 Å². The molecule has 0 unspecified atom stereocenters. The summed E-state index contributed by atoms with van der Waals surface area (Å²) in [6.07, 6.45) is 50.6. The van der Waals surface area contributed by atoms with Gasteiger partial charge in [0.25, 0.3) is 0 Å². The monoisotopic (exact) mass is 622 g/mol. The Morgan fingerprint density at radius 1 is 0.341 bits per heavy atom. The molecule has 0 spiro atoms. The molecule has 266 valence electrons. The van der Waals surface area contributed by atoms with Crippen LogP contribution in [0.1, 0.15) is 239 Å². The van der Waals surface area contributed by atoms with Crippen LogP contribution in [0.3, 0.4) is 0 Å². The molecular weight excluding hydrogens is 534 g/mol. The Morgan fingerprint density at radius 3 is 0.841 bits per heavy atom. The van der Waals surface area contributed by atoms with Gasteiger partial charge < -0.3 is 9.64 Å². The standard InChI is InChI=1S/C42H87NO/c1-5-7-9-11-13-15-17-19-21-23-25-27-29-31-33-35-38-42(44-41-37-40-43(3)4)39-36-34-32-30-28-26-24-22-20-18-16-14-12-10-8-6-2/h42H,5-41H2,1-4H3. The first-order valence-corrected chi connectivity index (χ1v) is 21.0. The third kappa shape index (κ3) is 38.1. The van der Waals surface area contributed by atoms with Crippen molar-refractivity contribution in [3.8, 4) is 0 Å². The van der Waals surface area contributed by atoms with Crippen molar-refractivity contribution in [2.75, 3.05) is 27.2 Å². The Kier molecular flexibility index (Phi) is 39.0. The summed E-state index contributed by atoms with van der Waals surface area (Å²) in [6, 6.07) is 0. The molecule has 2 nitrogen and oxygen atoms in total. The molecule has 0 N–H and O–H groups in total. The molecule has 0 heterocycles. The van der Waals surface area contributed by atoms with Crippen molar-refractivity contribution in [2.24, 2.45) is 0 Å². The van der Waals surface area contributed by atoms with Gasteiger partial charge in [-0.25, -0.2) is 0 Å². The van der Waals surface area contributed by atoms with E-state index < -0.39 is 0 Å². The number of unbranched alkanes of at least 4 members (excludes halogenated alkanes) is 30. The molecule has 2 heteroatoms. The molecule has 44 heavy (non-hydrogen) atoms. The Hall–Kier alpha value is -0.0800. The topological polar surface area (TPSA) is 12.5 Å². The van der Waals surface area contributed by atoms with E-state index in [0.717, 1.165) is 13.2 Å². The second-order valence-electron chi connectivity index (χ2n) is 14.8. The second kappa shape index (κ2) is 39.1. The first-order valence-electron chi connectivity index (χ1n) is 21.0. The first-order chi connectivity index (χ1) is 21.7. The van der Waals surface area contributed by atoms with Crippen LogP contribution in [0.25, 0.3) is 0 Å². The van der Waals surface area contributed by atoms with Gasteiger partial charge in [-0.2, -0.15) is 0 Å². The molecular formula is C42H87NO. The van der Waals surface area contributed by atoms with Crippen LogP contribution < -0.4 is 0 Å². The molecule has 0 aliphatic rings. The summed E-state index contributed by atoms with van der Waals surface area (Å²) < 4.78 is 6.41. The summed E-state index contributed by atoms with van der Waals surface area (Å²) in [5.41, 5.74) is 0. The predicted octanol–water partition coefficient (Wildman–Crippen LogP) is 14.6. The fourth-order valence-electron chi connectivity index (χ4n) is 6.78. The van der Waals surface area contributed by atoms with Gasteiger partial charge in [0.05, 0.1) is 6.10 Å². The van der Waals surface area contributed by atoms with E-state index in [1.54, 1.807) is 0 Å². The number of rotatable bonds is 39. The van der Waals surface area contributed by atoms with Crippen molar-refractivity contribution in [1.29, 1.82) is 0 Å². The maximum Gasteiger partial charge on any atom is 0.0575 e. The van der Waals surface area contributed by atoms with Crippen molar-refractivity contribution < 1.29 is 4.74 Å². The first kappa shape index (κ1) is 43.9. The average molecular weight is 622 g/mol. The van der Waals surface area contributed by atoms with Gasteiger partial charge in [-0.3, -0.25) is 0 Å². The van der Waals surface area contributed by atoms with Crippen molar-refractivity contribution >= 4 is 0 Å². The highest BCUT2D eigenvalue weighted by Gasteiger charge is 2.09. The van der Waals surface area contributed by atoms with Crippen molar-refractivity contribution in [3.05, 3.63) is 0 Å². The highest BCUT2D eigenvalue weighted by atomic mass is 16.5. The molecule has 0 radical (unpaired) electrons. The molecule has 0 amide bonds. The minimum absolute atomic E-state index is 0.510. The number of ether oxygens (including phenoxy) is 1. The van der Waals surface area contributed by atoms with E-state index in [1.165, 1.54) is 225 Å². The zero-order valence-corrected chi connectivity index (χ0v) is 31.6. The zero-order chi connectivity index (χ0) is 32.0. The lowest BCUT2D eigenvalue weighted by Gasteiger charge is -2.19. The van der Waals surface area contributed by atoms with E-state index in [4.69, 9.17) is 4.74 Å². The van der Waals surface area contributed by atoms with E-state index >= 15 is 0 Å². The third-order valence-electron chi connectivity index (χ3n) is 9.86. The maximum absolute atomic E-state index is 6.41. The van der Waals surface area contributed by atoms with Crippen molar-refractivity contribution in [2.45, 2.75) is 245 Å². The van der Waals surface area contributed by atoms with Gasteiger partial charge in [-0.1, -0.05) is 219 Å². The van der Waals surface area contributed by atoms with Crippen LogP contribution in [0.5, 0.6) is 0 Å². The normalized spacial score (nSPS) is 11.9. The lowest BCUT2D eigenvalue weighted by Crippen LogP contribution is -2.18. The van der Waals surface area contributed by atoms with Gasteiger partial charge in [0.1, 0.15) is 0 Å². The predicted molar refractivity (Wildman–Crippen MR) is 201 cm³/mol. The summed E-state index contributed by atoms with van der Waals surface area (Å²) in [5, 5.41) is 0. The van der Waals surface area contributed by atoms with Gasteiger partial charge in [-0.15, -0.1) is 0 Å². The van der Waals surface area contributed by atoms with E-state index in [0.29, 0.717) is 6.10 Å². The molecule has 0 aromatic rings. The quantitative estimate of drug-likeness (QED) is 0.0633. The fraction of sp³-hybridized carbons (Fsp3) is 1.00. The van der Waals surface area contributed by atoms with E-state index in [1.807, 2.05) is 0 Å². The molecule has 0 saturated carbocycles. The minimum Gasteiger partial charge on any atom is -0.378 e. The van der Waals surface area contributed by atoms with Gasteiger partial charge >= 0.3 is 0 Å². The van der Waals surface area contributed by atoms with Crippen molar-refractivity contribution in [3.63, 3.8) is 0 Å². The Morgan fingerprint density at radius 2 is 0.591 bits per heavy atom. The SMILES string of the molecule is CCCCCCCCCCCCCCCCCCC(CCCCCCCCCCCCCCCCCC)OCCCN(C)C. The van der Waals surface area contributed by atoms with Crippen LogP contribution in [-0.4, -0.2) is 38.3 Å². The minimum atomic E-state index is 0.510. The Balaban J connectivity index is 3.67. The van der Waals surface area contributed by atoms with Crippen LogP contribution >= 0.6 is 0 Å². The van der Waals surface area contributed by atoms with E-state index in [-0.39, 0.29) is 0 Å². The summed E-state index contributed by atoms with van der Waals surface area (Å²) in [4.78, 5) is 2.28. The third-order valence-corrected chi connectivity index (χ3v) is 9.86.